The molecule has 0 radical (unpaired) electrons. The molecule has 0 bridgehead atoms. The van der Waals surface area contributed by atoms with Gasteiger partial charge in [0.25, 0.3) is 5.91 Å². The van der Waals surface area contributed by atoms with Crippen LogP contribution in [0.25, 0.3) is 0 Å². The number of carboxylic acids is 1. The molecule has 3 aliphatic rings. The second-order valence-electron chi connectivity index (χ2n) is 7.27. The summed E-state index contributed by atoms with van der Waals surface area (Å²) in [6.45, 7) is 2.95. The first-order chi connectivity index (χ1) is 12.9. The highest BCUT2D eigenvalue weighted by molar-refractivity contribution is 6.02. The first-order valence-electron chi connectivity index (χ1n) is 9.03. The van der Waals surface area contributed by atoms with Gasteiger partial charge < -0.3 is 14.9 Å². The van der Waals surface area contributed by atoms with Gasteiger partial charge in [0, 0.05) is 25.8 Å². The molecule has 3 atom stereocenters. The SMILES string of the molecule is Cc1cccc(N2CCCN3C4C(=O)N(CC(=O)O)C(=O)N(C)C4NC23)c1. The minimum absolute atomic E-state index is 0.223. The van der Waals surface area contributed by atoms with Gasteiger partial charge in [-0.05, 0) is 31.0 Å². The quantitative estimate of drug-likeness (QED) is 0.774. The van der Waals surface area contributed by atoms with Gasteiger partial charge in [-0.1, -0.05) is 12.1 Å². The molecule has 3 saturated heterocycles. The van der Waals surface area contributed by atoms with E-state index < -0.39 is 36.7 Å². The molecule has 4 rings (SSSR count). The van der Waals surface area contributed by atoms with Crippen LogP contribution in [-0.2, 0) is 9.59 Å². The van der Waals surface area contributed by atoms with Crippen molar-refractivity contribution in [1.82, 2.24) is 20.0 Å². The normalized spacial score (nSPS) is 28.4. The zero-order chi connectivity index (χ0) is 19.3. The number of aryl methyl sites for hydroxylation is 1. The van der Waals surface area contributed by atoms with Crippen molar-refractivity contribution in [2.45, 2.75) is 31.8 Å². The van der Waals surface area contributed by atoms with Crippen molar-refractivity contribution >= 4 is 23.6 Å². The topological polar surface area (TPSA) is 96.4 Å². The molecule has 0 spiro atoms. The van der Waals surface area contributed by atoms with E-state index in [-0.39, 0.29) is 6.29 Å². The molecule has 3 unspecified atom stereocenters. The molecular formula is C18H23N5O4. The molecule has 1 aromatic rings. The summed E-state index contributed by atoms with van der Waals surface area (Å²) in [5, 5.41) is 12.5. The summed E-state index contributed by atoms with van der Waals surface area (Å²) < 4.78 is 0. The third-order valence-electron chi connectivity index (χ3n) is 5.50. The van der Waals surface area contributed by atoms with Crippen LogP contribution in [0, 0.1) is 6.92 Å². The Hall–Kier alpha value is -2.65. The van der Waals surface area contributed by atoms with Gasteiger partial charge >= 0.3 is 12.0 Å². The standard InChI is InChI=1S/C18H23N5O4/c1-11-5-3-6-12(9-11)21-7-4-8-22-14-15(19-17(21)22)20(2)18(27)23(16(14)26)10-13(24)25/h3,5-6,9,14-15,17,19H,4,7-8,10H2,1-2H3,(H,24,25). The zero-order valence-corrected chi connectivity index (χ0v) is 15.3. The first kappa shape index (κ1) is 17.7. The van der Waals surface area contributed by atoms with Crippen LogP contribution in [0.15, 0.2) is 24.3 Å². The molecule has 9 heteroatoms. The predicted octanol–water partition coefficient (Wildman–Crippen LogP) is 0.0672. The van der Waals surface area contributed by atoms with Gasteiger partial charge in [-0.15, -0.1) is 0 Å². The van der Waals surface area contributed by atoms with Gasteiger partial charge in [-0.25, -0.2) is 4.79 Å². The summed E-state index contributed by atoms with van der Waals surface area (Å²) in [6.07, 6.45) is 0.170. The highest BCUT2D eigenvalue weighted by Gasteiger charge is 2.56. The number of nitrogens with one attached hydrogen (secondary N) is 1. The lowest BCUT2D eigenvalue weighted by Gasteiger charge is -2.43. The number of urea groups is 1. The summed E-state index contributed by atoms with van der Waals surface area (Å²) in [4.78, 5) is 43.1. The van der Waals surface area contributed by atoms with Crippen LogP contribution in [0.5, 0.6) is 0 Å². The van der Waals surface area contributed by atoms with Gasteiger partial charge in [0.15, 0.2) is 0 Å². The number of carbonyl (C=O) groups excluding carboxylic acids is 2. The maximum Gasteiger partial charge on any atom is 0.328 e. The molecule has 9 nitrogen and oxygen atoms in total. The van der Waals surface area contributed by atoms with Crippen LogP contribution in [0.2, 0.25) is 0 Å². The number of nitrogens with zero attached hydrogens (tertiary/aromatic N) is 4. The minimum atomic E-state index is -1.20. The number of hydrogen-bond acceptors (Lipinski definition) is 6. The molecule has 0 aliphatic carbocycles. The second kappa shape index (κ2) is 6.50. The van der Waals surface area contributed by atoms with E-state index in [4.69, 9.17) is 5.11 Å². The molecule has 3 amide bonds. The third kappa shape index (κ3) is 2.83. The van der Waals surface area contributed by atoms with Crippen LogP contribution in [-0.4, -0.2) is 82.9 Å². The van der Waals surface area contributed by atoms with Crippen molar-refractivity contribution in [1.29, 1.82) is 0 Å². The monoisotopic (exact) mass is 373 g/mol. The van der Waals surface area contributed by atoms with E-state index >= 15 is 0 Å². The average molecular weight is 373 g/mol. The van der Waals surface area contributed by atoms with Crippen molar-refractivity contribution < 1.29 is 19.5 Å². The number of aliphatic carboxylic acids is 1. The molecular weight excluding hydrogens is 350 g/mol. The van der Waals surface area contributed by atoms with Crippen molar-refractivity contribution in [3.63, 3.8) is 0 Å². The number of carbonyl (C=O) groups is 3. The molecule has 0 saturated carbocycles. The molecule has 3 fully saturated rings. The fourth-order valence-corrected chi connectivity index (χ4v) is 4.27. The second-order valence-corrected chi connectivity index (χ2v) is 7.27. The van der Waals surface area contributed by atoms with E-state index in [1.54, 1.807) is 7.05 Å². The summed E-state index contributed by atoms with van der Waals surface area (Å²) >= 11 is 0. The predicted molar refractivity (Wildman–Crippen MR) is 96.9 cm³/mol. The Kier molecular flexibility index (Phi) is 4.27. The Morgan fingerprint density at radius 2 is 2.07 bits per heavy atom. The van der Waals surface area contributed by atoms with Gasteiger partial charge in [-0.3, -0.25) is 24.7 Å². The van der Waals surface area contributed by atoms with Gasteiger partial charge in [-0.2, -0.15) is 0 Å². The molecule has 1 aromatic carbocycles. The van der Waals surface area contributed by atoms with Crippen LogP contribution >= 0.6 is 0 Å². The number of amides is 3. The van der Waals surface area contributed by atoms with Crippen molar-refractivity contribution in [3.05, 3.63) is 29.8 Å². The van der Waals surface area contributed by atoms with Crippen LogP contribution in [0.1, 0.15) is 12.0 Å². The number of anilines is 1. The lowest BCUT2D eigenvalue weighted by molar-refractivity contribution is -0.147. The van der Waals surface area contributed by atoms with Crippen molar-refractivity contribution in [2.75, 3.05) is 31.6 Å². The van der Waals surface area contributed by atoms with E-state index in [1.807, 2.05) is 30.0 Å². The van der Waals surface area contributed by atoms with Crippen molar-refractivity contribution in [2.24, 2.45) is 0 Å². The summed E-state index contributed by atoms with van der Waals surface area (Å²) in [5.41, 5.74) is 2.20. The van der Waals surface area contributed by atoms with Gasteiger partial charge in [0.1, 0.15) is 25.0 Å². The third-order valence-corrected chi connectivity index (χ3v) is 5.50. The Balaban J connectivity index is 1.66. The summed E-state index contributed by atoms with van der Waals surface area (Å²) in [7, 11) is 1.60. The maximum absolute atomic E-state index is 13.0. The maximum atomic E-state index is 13.0. The smallest absolute Gasteiger partial charge is 0.328 e. The summed E-state index contributed by atoms with van der Waals surface area (Å²) in [5.74, 6) is -1.65. The van der Waals surface area contributed by atoms with E-state index in [2.05, 4.69) is 16.3 Å². The number of carboxylic acid groups (broad SMARTS) is 1. The largest absolute Gasteiger partial charge is 0.480 e. The number of benzene rings is 1. The molecule has 3 heterocycles. The zero-order valence-electron chi connectivity index (χ0n) is 15.3. The minimum Gasteiger partial charge on any atom is -0.480 e. The van der Waals surface area contributed by atoms with Crippen LogP contribution < -0.4 is 10.2 Å². The van der Waals surface area contributed by atoms with Crippen LogP contribution in [0.4, 0.5) is 10.5 Å². The highest BCUT2D eigenvalue weighted by Crippen LogP contribution is 2.33. The van der Waals surface area contributed by atoms with E-state index in [0.717, 1.165) is 29.1 Å². The highest BCUT2D eigenvalue weighted by atomic mass is 16.4. The van der Waals surface area contributed by atoms with Gasteiger partial charge in [0.2, 0.25) is 0 Å². The fraction of sp³-hybridized carbons (Fsp3) is 0.500. The first-order valence-corrected chi connectivity index (χ1v) is 9.03. The Labute approximate surface area is 157 Å². The van der Waals surface area contributed by atoms with Crippen LogP contribution in [0.3, 0.4) is 0 Å². The molecule has 2 N–H and O–H groups in total. The Bertz CT molecular complexity index is 800. The molecule has 0 aromatic heterocycles. The number of likely N-dealkylation sites (N-methyl/N-ethyl adjacent to an activating group) is 1. The molecule has 27 heavy (non-hydrogen) atoms. The van der Waals surface area contributed by atoms with E-state index in [1.165, 1.54) is 4.90 Å². The number of hydrogen-bond donors (Lipinski definition) is 2. The van der Waals surface area contributed by atoms with E-state index in [0.29, 0.717) is 6.54 Å². The number of imide groups is 1. The lowest BCUT2D eigenvalue weighted by Crippen LogP contribution is -2.66. The molecule has 3 aliphatic heterocycles. The number of fused-ring (bicyclic) bond motifs is 3. The molecule has 144 valence electrons. The average Bonchev–Trinajstić information content (AvgIpc) is 3.03. The van der Waals surface area contributed by atoms with E-state index in [9.17, 15) is 14.4 Å². The Morgan fingerprint density at radius 1 is 1.30 bits per heavy atom. The lowest BCUT2D eigenvalue weighted by atomic mass is 10.1. The fourth-order valence-electron chi connectivity index (χ4n) is 4.27. The number of rotatable bonds is 3. The Morgan fingerprint density at radius 3 is 2.78 bits per heavy atom. The summed E-state index contributed by atoms with van der Waals surface area (Å²) in [6, 6.07) is 6.99. The van der Waals surface area contributed by atoms with Gasteiger partial charge in [0.05, 0.1) is 0 Å². The van der Waals surface area contributed by atoms with Crippen molar-refractivity contribution in [3.8, 4) is 0 Å².